The molecule has 1 aliphatic rings. The fourth-order valence-corrected chi connectivity index (χ4v) is 3.52. The van der Waals surface area contributed by atoms with Gasteiger partial charge in [-0.05, 0) is 45.7 Å². The van der Waals surface area contributed by atoms with E-state index in [0.717, 1.165) is 17.7 Å². The molecule has 2 aromatic rings. The van der Waals surface area contributed by atoms with Gasteiger partial charge in [-0.2, -0.15) is 0 Å². The zero-order valence-electron chi connectivity index (χ0n) is 15.7. The average Bonchev–Trinajstić information content (AvgIpc) is 3.23. The van der Waals surface area contributed by atoms with Gasteiger partial charge in [0.1, 0.15) is 11.6 Å². The van der Waals surface area contributed by atoms with Crippen LogP contribution in [0.3, 0.4) is 0 Å². The van der Waals surface area contributed by atoms with Crippen LogP contribution < -0.4 is 11.1 Å². The maximum atomic E-state index is 12.7. The zero-order chi connectivity index (χ0) is 19.6. The molecule has 0 spiro atoms. The second kappa shape index (κ2) is 7.56. The number of nitrogen functional groups attached to an aromatic ring is 1. The number of benzene rings is 1. The van der Waals surface area contributed by atoms with Gasteiger partial charge >= 0.3 is 6.09 Å². The Bertz CT molecular complexity index is 826. The molecule has 2 heterocycles. The lowest BCUT2D eigenvalue weighted by atomic mass is 10.1. The van der Waals surface area contributed by atoms with Crippen molar-refractivity contribution < 1.29 is 14.3 Å². The number of nitrogens with zero attached hydrogens (tertiary/aromatic N) is 2. The third kappa shape index (κ3) is 4.77. The summed E-state index contributed by atoms with van der Waals surface area (Å²) in [6.45, 7) is 5.96. The summed E-state index contributed by atoms with van der Waals surface area (Å²) in [7, 11) is 0. The topological polar surface area (TPSA) is 97.5 Å². The lowest BCUT2D eigenvalue weighted by molar-refractivity contribution is -0.120. The van der Waals surface area contributed by atoms with E-state index in [9.17, 15) is 9.59 Å². The number of thiazole rings is 1. The number of nitrogens with two attached hydrogens (primary N) is 1. The molecule has 1 saturated heterocycles. The van der Waals surface area contributed by atoms with Gasteiger partial charge in [0.25, 0.3) is 0 Å². The molecule has 1 atom stereocenters. The van der Waals surface area contributed by atoms with Gasteiger partial charge in [0.05, 0.1) is 5.69 Å². The average molecular weight is 388 g/mol. The number of nitrogens with one attached hydrogen (secondary N) is 1. The number of rotatable bonds is 3. The highest BCUT2D eigenvalue weighted by Gasteiger charge is 2.36. The van der Waals surface area contributed by atoms with Crippen LogP contribution in [0.1, 0.15) is 33.6 Å². The molecule has 27 heavy (non-hydrogen) atoms. The SMILES string of the molecule is CC(C)(C)OC(=O)N1CCC[C@H]1C(=O)Nc1ccc(-c2csc(N)n2)cc1. The molecule has 0 aliphatic carbocycles. The predicted octanol–water partition coefficient (Wildman–Crippen LogP) is 3.73. The summed E-state index contributed by atoms with van der Waals surface area (Å²) in [5.74, 6) is -0.205. The summed E-state index contributed by atoms with van der Waals surface area (Å²) < 4.78 is 5.41. The van der Waals surface area contributed by atoms with Crippen molar-refractivity contribution in [2.75, 3.05) is 17.6 Å². The van der Waals surface area contributed by atoms with Crippen LogP contribution in [0.4, 0.5) is 15.6 Å². The Hall–Kier alpha value is -2.61. The van der Waals surface area contributed by atoms with E-state index in [-0.39, 0.29) is 5.91 Å². The van der Waals surface area contributed by atoms with E-state index in [1.807, 2.05) is 50.4 Å². The highest BCUT2D eigenvalue weighted by molar-refractivity contribution is 7.13. The molecule has 144 valence electrons. The van der Waals surface area contributed by atoms with Crippen LogP contribution in [-0.4, -0.2) is 40.1 Å². The van der Waals surface area contributed by atoms with Gasteiger partial charge < -0.3 is 15.8 Å². The molecule has 1 aliphatic heterocycles. The maximum Gasteiger partial charge on any atom is 0.410 e. The fraction of sp³-hybridized carbons (Fsp3) is 0.421. The van der Waals surface area contributed by atoms with Crippen molar-refractivity contribution in [3.8, 4) is 11.3 Å². The highest BCUT2D eigenvalue weighted by atomic mass is 32.1. The standard InChI is InChI=1S/C19H24N4O3S/c1-19(2,3)26-18(25)23-10-4-5-15(23)16(24)21-13-8-6-12(7-9-13)14-11-27-17(20)22-14/h6-9,11,15H,4-5,10H2,1-3H3,(H2,20,22)(H,21,24)/t15-/m0/s1. The van der Waals surface area contributed by atoms with Gasteiger partial charge in [-0.3, -0.25) is 9.69 Å². The lowest BCUT2D eigenvalue weighted by Crippen LogP contribution is -2.45. The Morgan fingerprint density at radius 2 is 2.00 bits per heavy atom. The highest BCUT2D eigenvalue weighted by Crippen LogP contribution is 2.25. The van der Waals surface area contributed by atoms with E-state index in [1.165, 1.54) is 16.2 Å². The molecule has 7 nitrogen and oxygen atoms in total. The van der Waals surface area contributed by atoms with E-state index < -0.39 is 17.7 Å². The summed E-state index contributed by atoms with van der Waals surface area (Å²) in [6.07, 6.45) is 0.958. The normalized spacial score (nSPS) is 17.0. The number of carbonyl (C=O) groups is 2. The van der Waals surface area contributed by atoms with E-state index >= 15 is 0 Å². The molecule has 3 rings (SSSR count). The minimum atomic E-state index is -0.588. The monoisotopic (exact) mass is 388 g/mol. The van der Waals surface area contributed by atoms with Gasteiger partial charge in [-0.25, -0.2) is 9.78 Å². The van der Waals surface area contributed by atoms with Crippen molar-refractivity contribution in [2.24, 2.45) is 0 Å². The van der Waals surface area contributed by atoms with Crippen LogP contribution in [0, 0.1) is 0 Å². The third-order valence-corrected chi connectivity index (χ3v) is 4.83. The summed E-state index contributed by atoms with van der Waals surface area (Å²) in [5.41, 5.74) is 7.48. The van der Waals surface area contributed by atoms with Gasteiger partial charge in [-0.15, -0.1) is 11.3 Å². The van der Waals surface area contributed by atoms with Gasteiger partial charge in [-0.1, -0.05) is 12.1 Å². The number of hydrogen-bond acceptors (Lipinski definition) is 6. The van der Waals surface area contributed by atoms with Crippen molar-refractivity contribution in [3.05, 3.63) is 29.6 Å². The molecule has 0 bridgehead atoms. The van der Waals surface area contributed by atoms with Crippen molar-refractivity contribution in [3.63, 3.8) is 0 Å². The molecule has 3 N–H and O–H groups in total. The molecular weight excluding hydrogens is 364 g/mol. The van der Waals surface area contributed by atoms with Crippen molar-refractivity contribution in [1.82, 2.24) is 9.88 Å². The van der Waals surface area contributed by atoms with Gasteiger partial charge in [0.2, 0.25) is 5.91 Å². The fourth-order valence-electron chi connectivity index (χ4n) is 2.95. The van der Waals surface area contributed by atoms with Crippen LogP contribution in [0.5, 0.6) is 0 Å². The van der Waals surface area contributed by atoms with E-state index in [4.69, 9.17) is 10.5 Å². The lowest BCUT2D eigenvalue weighted by Gasteiger charge is -2.28. The summed E-state index contributed by atoms with van der Waals surface area (Å²) in [5, 5.41) is 5.29. The summed E-state index contributed by atoms with van der Waals surface area (Å²) >= 11 is 1.39. The summed E-state index contributed by atoms with van der Waals surface area (Å²) in [6, 6.07) is 6.87. The molecule has 0 unspecified atom stereocenters. The summed E-state index contributed by atoms with van der Waals surface area (Å²) in [4.78, 5) is 30.8. The zero-order valence-corrected chi connectivity index (χ0v) is 16.5. The Morgan fingerprint density at radius 1 is 1.30 bits per heavy atom. The second-order valence-electron chi connectivity index (χ2n) is 7.47. The van der Waals surface area contributed by atoms with Crippen LogP contribution in [-0.2, 0) is 9.53 Å². The minimum Gasteiger partial charge on any atom is -0.444 e. The minimum absolute atomic E-state index is 0.205. The number of amides is 2. The Balaban J connectivity index is 1.65. The molecule has 0 saturated carbocycles. The Kier molecular flexibility index (Phi) is 5.36. The molecule has 1 aromatic carbocycles. The second-order valence-corrected chi connectivity index (χ2v) is 8.36. The first-order chi connectivity index (χ1) is 12.7. The molecule has 1 fully saturated rings. The van der Waals surface area contributed by atoms with E-state index in [2.05, 4.69) is 10.3 Å². The molecule has 1 aromatic heterocycles. The first kappa shape index (κ1) is 19.2. The smallest absolute Gasteiger partial charge is 0.410 e. The Labute approximate surface area is 162 Å². The van der Waals surface area contributed by atoms with Crippen LogP contribution in [0.2, 0.25) is 0 Å². The Morgan fingerprint density at radius 3 is 2.59 bits per heavy atom. The first-order valence-corrected chi connectivity index (χ1v) is 9.73. The van der Waals surface area contributed by atoms with Crippen molar-refractivity contribution >= 4 is 34.2 Å². The molecular formula is C19H24N4O3S. The molecule has 8 heteroatoms. The number of carbonyl (C=O) groups excluding carboxylic acids is 2. The van der Waals surface area contributed by atoms with E-state index in [1.54, 1.807) is 0 Å². The number of ether oxygens (including phenoxy) is 1. The number of hydrogen-bond donors (Lipinski definition) is 2. The predicted molar refractivity (Wildman–Crippen MR) is 107 cm³/mol. The third-order valence-electron chi connectivity index (χ3n) is 4.15. The first-order valence-electron chi connectivity index (χ1n) is 8.85. The van der Waals surface area contributed by atoms with E-state index in [0.29, 0.717) is 23.8 Å². The molecule has 0 radical (unpaired) electrons. The van der Waals surface area contributed by atoms with Crippen LogP contribution in [0.15, 0.2) is 29.6 Å². The molecule has 2 amide bonds. The number of anilines is 2. The van der Waals surface area contributed by atoms with Crippen molar-refractivity contribution in [1.29, 1.82) is 0 Å². The van der Waals surface area contributed by atoms with Gasteiger partial charge in [0.15, 0.2) is 5.13 Å². The number of likely N-dealkylation sites (tertiary alicyclic amines) is 1. The van der Waals surface area contributed by atoms with Crippen molar-refractivity contribution in [2.45, 2.75) is 45.3 Å². The van der Waals surface area contributed by atoms with Crippen LogP contribution >= 0.6 is 11.3 Å². The largest absolute Gasteiger partial charge is 0.444 e. The maximum absolute atomic E-state index is 12.7. The number of aromatic nitrogens is 1. The van der Waals surface area contributed by atoms with Crippen LogP contribution in [0.25, 0.3) is 11.3 Å². The quantitative estimate of drug-likeness (QED) is 0.835. The van der Waals surface area contributed by atoms with Gasteiger partial charge in [0, 0.05) is 23.2 Å².